The van der Waals surface area contributed by atoms with Crippen LogP contribution in [0.15, 0.2) is 24.3 Å². The van der Waals surface area contributed by atoms with Crippen LogP contribution in [-0.4, -0.2) is 11.1 Å². The summed E-state index contributed by atoms with van der Waals surface area (Å²) >= 11 is 0. The Morgan fingerprint density at radius 1 is 1.20 bits per heavy atom. The highest BCUT2D eigenvalue weighted by molar-refractivity contribution is 5.85. The zero-order chi connectivity index (χ0) is 10.7. The summed E-state index contributed by atoms with van der Waals surface area (Å²) in [7, 11) is 0. The third-order valence-electron chi connectivity index (χ3n) is 2.79. The van der Waals surface area contributed by atoms with Crippen LogP contribution in [0.5, 0.6) is 0 Å². The van der Waals surface area contributed by atoms with Crippen LogP contribution < -0.4 is 0 Å². The lowest BCUT2D eigenvalue weighted by molar-refractivity contribution is -0.131. The van der Waals surface area contributed by atoms with Gasteiger partial charge in [0, 0.05) is 6.08 Å². The van der Waals surface area contributed by atoms with Gasteiger partial charge in [0.25, 0.3) is 0 Å². The molecule has 2 rings (SSSR count). The van der Waals surface area contributed by atoms with Gasteiger partial charge in [-0.15, -0.1) is 0 Å². The molecule has 0 bridgehead atoms. The number of aliphatic carboxylic acids is 1. The highest BCUT2D eigenvalue weighted by Crippen LogP contribution is 2.22. The Hall–Kier alpha value is -1.57. The van der Waals surface area contributed by atoms with Crippen molar-refractivity contribution in [3.63, 3.8) is 0 Å². The minimum absolute atomic E-state index is 0.896. The lowest BCUT2D eigenvalue weighted by Crippen LogP contribution is -2.02. The Morgan fingerprint density at radius 2 is 1.93 bits per heavy atom. The van der Waals surface area contributed by atoms with Crippen LogP contribution >= 0.6 is 0 Å². The Bertz CT molecular complexity index is 405. The first-order valence-corrected chi connectivity index (χ1v) is 5.28. The van der Waals surface area contributed by atoms with E-state index in [0.29, 0.717) is 0 Å². The molecule has 78 valence electrons. The average molecular weight is 202 g/mol. The van der Waals surface area contributed by atoms with Crippen molar-refractivity contribution in [2.24, 2.45) is 0 Å². The van der Waals surface area contributed by atoms with Crippen LogP contribution in [0.2, 0.25) is 0 Å². The quantitative estimate of drug-likeness (QED) is 0.748. The summed E-state index contributed by atoms with van der Waals surface area (Å²) in [4.78, 5) is 10.4. The fourth-order valence-electron chi connectivity index (χ4n) is 2.02. The monoisotopic (exact) mass is 202 g/mol. The SMILES string of the molecule is O=C(O)/C=C/c1ccc2c(c1)CCCC2. The molecule has 1 N–H and O–H groups in total. The van der Waals surface area contributed by atoms with Gasteiger partial charge in [-0.25, -0.2) is 4.79 Å². The fourth-order valence-corrected chi connectivity index (χ4v) is 2.02. The Morgan fingerprint density at radius 3 is 2.67 bits per heavy atom. The molecule has 0 radical (unpaired) electrons. The first kappa shape index (κ1) is 9.97. The van der Waals surface area contributed by atoms with Gasteiger partial charge in [0.05, 0.1) is 0 Å². The molecule has 0 atom stereocenters. The summed E-state index contributed by atoms with van der Waals surface area (Å²) in [5, 5.41) is 8.53. The maximum absolute atomic E-state index is 10.4. The number of rotatable bonds is 2. The lowest BCUT2D eigenvalue weighted by atomic mass is 9.90. The number of benzene rings is 1. The van der Waals surface area contributed by atoms with E-state index >= 15 is 0 Å². The second-order valence-electron chi connectivity index (χ2n) is 3.91. The number of hydrogen-bond acceptors (Lipinski definition) is 1. The molecule has 1 aliphatic rings. The molecule has 1 aromatic rings. The summed E-state index contributed by atoms with van der Waals surface area (Å²) in [6, 6.07) is 6.22. The van der Waals surface area contributed by atoms with Gasteiger partial charge < -0.3 is 5.11 Å². The van der Waals surface area contributed by atoms with Crippen molar-refractivity contribution in [1.82, 2.24) is 0 Å². The number of carbonyl (C=O) groups is 1. The molecule has 0 spiro atoms. The maximum Gasteiger partial charge on any atom is 0.328 e. The predicted molar refractivity (Wildman–Crippen MR) is 59.8 cm³/mol. The fraction of sp³-hybridized carbons (Fsp3) is 0.308. The molecule has 15 heavy (non-hydrogen) atoms. The highest BCUT2D eigenvalue weighted by atomic mass is 16.4. The summed E-state index contributed by atoms with van der Waals surface area (Å²) in [6.07, 6.45) is 7.65. The largest absolute Gasteiger partial charge is 0.478 e. The molecule has 0 aliphatic heterocycles. The number of aryl methyl sites for hydroxylation is 2. The van der Waals surface area contributed by atoms with Crippen LogP contribution in [0.1, 0.15) is 29.5 Å². The molecule has 1 aromatic carbocycles. The van der Waals surface area contributed by atoms with Gasteiger partial charge in [-0.2, -0.15) is 0 Å². The third kappa shape index (κ3) is 2.46. The van der Waals surface area contributed by atoms with Gasteiger partial charge in [0.15, 0.2) is 0 Å². The molecule has 0 heterocycles. The Labute approximate surface area is 89.2 Å². The van der Waals surface area contributed by atoms with Crippen molar-refractivity contribution in [2.45, 2.75) is 25.7 Å². The van der Waals surface area contributed by atoms with Crippen LogP contribution in [0.3, 0.4) is 0 Å². The molecule has 0 saturated carbocycles. The lowest BCUT2D eigenvalue weighted by Gasteiger charge is -2.15. The van der Waals surface area contributed by atoms with Gasteiger partial charge in [0.1, 0.15) is 0 Å². The van der Waals surface area contributed by atoms with E-state index in [0.717, 1.165) is 18.4 Å². The zero-order valence-corrected chi connectivity index (χ0v) is 8.57. The zero-order valence-electron chi connectivity index (χ0n) is 8.57. The van der Waals surface area contributed by atoms with Crippen LogP contribution in [-0.2, 0) is 17.6 Å². The number of carboxylic acids is 1. The molecule has 0 fully saturated rings. The third-order valence-corrected chi connectivity index (χ3v) is 2.79. The number of carboxylic acid groups (broad SMARTS) is 1. The Balaban J connectivity index is 2.24. The van der Waals surface area contributed by atoms with Crippen molar-refractivity contribution in [3.8, 4) is 0 Å². The second-order valence-corrected chi connectivity index (χ2v) is 3.91. The Kier molecular flexibility index (Phi) is 2.86. The molecule has 1 aliphatic carbocycles. The second kappa shape index (κ2) is 4.30. The van der Waals surface area contributed by atoms with E-state index in [1.807, 2.05) is 6.07 Å². The van der Waals surface area contributed by atoms with E-state index < -0.39 is 5.97 Å². The normalized spacial score (nSPS) is 15.2. The molecule has 0 unspecified atom stereocenters. The maximum atomic E-state index is 10.4. The highest BCUT2D eigenvalue weighted by Gasteiger charge is 2.08. The smallest absolute Gasteiger partial charge is 0.328 e. The van der Waals surface area contributed by atoms with Crippen molar-refractivity contribution < 1.29 is 9.90 Å². The van der Waals surface area contributed by atoms with Crippen LogP contribution in [0.25, 0.3) is 6.08 Å². The van der Waals surface area contributed by atoms with E-state index in [1.165, 1.54) is 30.0 Å². The number of fused-ring (bicyclic) bond motifs is 1. The van der Waals surface area contributed by atoms with Crippen LogP contribution in [0, 0.1) is 0 Å². The van der Waals surface area contributed by atoms with Gasteiger partial charge in [-0.05, 0) is 48.4 Å². The summed E-state index contributed by atoms with van der Waals surface area (Å²) in [6.45, 7) is 0. The van der Waals surface area contributed by atoms with E-state index in [2.05, 4.69) is 12.1 Å². The summed E-state index contributed by atoms with van der Waals surface area (Å²) < 4.78 is 0. The van der Waals surface area contributed by atoms with E-state index in [4.69, 9.17) is 5.11 Å². The number of hydrogen-bond donors (Lipinski definition) is 1. The molecular weight excluding hydrogens is 188 g/mol. The van der Waals surface area contributed by atoms with Gasteiger partial charge in [-0.3, -0.25) is 0 Å². The van der Waals surface area contributed by atoms with Gasteiger partial charge >= 0.3 is 5.97 Å². The summed E-state index contributed by atoms with van der Waals surface area (Å²) in [5.74, 6) is -0.896. The minimum Gasteiger partial charge on any atom is -0.478 e. The van der Waals surface area contributed by atoms with E-state index in [9.17, 15) is 4.79 Å². The van der Waals surface area contributed by atoms with Crippen molar-refractivity contribution in [2.75, 3.05) is 0 Å². The average Bonchev–Trinajstić information content (AvgIpc) is 2.26. The molecule has 2 nitrogen and oxygen atoms in total. The predicted octanol–water partition coefficient (Wildman–Crippen LogP) is 2.66. The van der Waals surface area contributed by atoms with Crippen LogP contribution in [0.4, 0.5) is 0 Å². The molecule has 2 heteroatoms. The van der Waals surface area contributed by atoms with Crippen molar-refractivity contribution in [1.29, 1.82) is 0 Å². The van der Waals surface area contributed by atoms with E-state index in [1.54, 1.807) is 6.08 Å². The standard InChI is InChI=1S/C13H14O2/c14-13(15)8-6-10-5-7-11-3-1-2-4-12(11)9-10/h5-9H,1-4H2,(H,14,15)/b8-6+. The minimum atomic E-state index is -0.896. The molecule has 0 saturated heterocycles. The van der Waals surface area contributed by atoms with Gasteiger partial charge in [-0.1, -0.05) is 18.2 Å². The first-order chi connectivity index (χ1) is 7.25. The van der Waals surface area contributed by atoms with Gasteiger partial charge in [0.2, 0.25) is 0 Å². The van der Waals surface area contributed by atoms with E-state index in [-0.39, 0.29) is 0 Å². The molecular formula is C13H14O2. The topological polar surface area (TPSA) is 37.3 Å². The summed E-state index contributed by atoms with van der Waals surface area (Å²) in [5.41, 5.74) is 3.79. The van der Waals surface area contributed by atoms with Crippen molar-refractivity contribution in [3.05, 3.63) is 41.0 Å². The van der Waals surface area contributed by atoms with Crippen molar-refractivity contribution >= 4 is 12.0 Å². The molecule has 0 aromatic heterocycles. The molecule has 0 amide bonds. The first-order valence-electron chi connectivity index (χ1n) is 5.28.